The van der Waals surface area contributed by atoms with Crippen molar-refractivity contribution in [2.45, 2.75) is 32.2 Å². The van der Waals surface area contributed by atoms with Gasteiger partial charge in [0.2, 0.25) is 21.4 Å². The molecule has 2 heterocycles. The number of hydrogen-bond acceptors (Lipinski definition) is 6. The number of primary sulfonamides is 1. The summed E-state index contributed by atoms with van der Waals surface area (Å²) in [4.78, 5) is -0.353. The average Bonchev–Trinajstić information content (AvgIpc) is 3.15. The number of aromatic nitrogens is 1. The van der Waals surface area contributed by atoms with Crippen LogP contribution in [0.15, 0.2) is 57.1 Å². The standard InChI is InChI=1S/C20H21ClN4O4S/c1-12-7-13(2)25(14(3)8-12)24-20(26)16-9-19(30(22,27)28)17(21)10-18(16)23-11-15-5-4-6-29-15/h4-10H,11H2,1-3H3,(H3-,22,23,24,26,27,28). The normalized spacial score (nSPS) is 12.2. The van der Waals surface area contributed by atoms with Crippen molar-refractivity contribution in [1.29, 1.82) is 0 Å². The van der Waals surface area contributed by atoms with Crippen LogP contribution < -0.4 is 20.2 Å². The van der Waals surface area contributed by atoms with Gasteiger partial charge in [-0.3, -0.25) is 0 Å². The van der Waals surface area contributed by atoms with E-state index in [0.717, 1.165) is 23.0 Å². The number of pyridine rings is 1. The highest BCUT2D eigenvalue weighted by Gasteiger charge is 2.19. The van der Waals surface area contributed by atoms with Gasteiger partial charge in [0.05, 0.1) is 23.7 Å². The van der Waals surface area contributed by atoms with E-state index in [2.05, 4.69) is 10.4 Å². The Morgan fingerprint density at radius 1 is 1.23 bits per heavy atom. The summed E-state index contributed by atoms with van der Waals surface area (Å²) >= 11 is 6.11. The fraction of sp³-hybridized carbons (Fsp3) is 0.200. The van der Waals surface area contributed by atoms with Gasteiger partial charge in [0.1, 0.15) is 10.7 Å². The van der Waals surface area contributed by atoms with Crippen molar-refractivity contribution in [3.05, 3.63) is 76.0 Å². The molecule has 0 saturated heterocycles. The Kier molecular flexibility index (Phi) is 6.16. The summed E-state index contributed by atoms with van der Waals surface area (Å²) in [7, 11) is -4.14. The highest BCUT2D eigenvalue weighted by Crippen LogP contribution is 2.28. The predicted octanol–water partition coefficient (Wildman–Crippen LogP) is 1.98. The van der Waals surface area contributed by atoms with Crippen molar-refractivity contribution >= 4 is 33.2 Å². The monoisotopic (exact) mass is 448 g/mol. The average molecular weight is 449 g/mol. The van der Waals surface area contributed by atoms with Gasteiger partial charge >= 0.3 is 0 Å². The molecular formula is C20H21ClN4O4S. The molecule has 2 aromatic heterocycles. The lowest BCUT2D eigenvalue weighted by Gasteiger charge is -2.17. The smallest absolute Gasteiger partial charge is 0.239 e. The maximum Gasteiger partial charge on any atom is 0.239 e. The number of halogens is 1. The third-order valence-corrected chi connectivity index (χ3v) is 5.75. The Hall–Kier alpha value is -2.88. The number of furan rings is 1. The third kappa shape index (κ3) is 4.81. The molecule has 0 bridgehead atoms. The molecule has 30 heavy (non-hydrogen) atoms. The quantitative estimate of drug-likeness (QED) is 0.339. The molecule has 0 saturated carbocycles. The van der Waals surface area contributed by atoms with E-state index in [0.29, 0.717) is 11.4 Å². The van der Waals surface area contributed by atoms with Crippen molar-refractivity contribution in [2.24, 2.45) is 10.2 Å². The molecule has 3 N–H and O–H groups in total. The van der Waals surface area contributed by atoms with E-state index in [1.165, 1.54) is 17.0 Å². The van der Waals surface area contributed by atoms with E-state index in [9.17, 15) is 13.5 Å². The first-order chi connectivity index (χ1) is 14.1. The first-order valence-corrected chi connectivity index (χ1v) is 10.9. The van der Waals surface area contributed by atoms with Gasteiger partial charge in [-0.15, -0.1) is 0 Å². The van der Waals surface area contributed by atoms with Crippen LogP contribution >= 0.6 is 11.6 Å². The van der Waals surface area contributed by atoms with Gasteiger partial charge in [-0.1, -0.05) is 16.3 Å². The fourth-order valence-corrected chi connectivity index (χ4v) is 4.19. The Balaban J connectivity index is 2.12. The second-order valence-corrected chi connectivity index (χ2v) is 8.78. The Morgan fingerprint density at radius 2 is 1.90 bits per heavy atom. The lowest BCUT2D eigenvalue weighted by molar-refractivity contribution is -0.693. The minimum Gasteiger partial charge on any atom is -0.854 e. The van der Waals surface area contributed by atoms with E-state index < -0.39 is 15.9 Å². The molecule has 1 aromatic carbocycles. The van der Waals surface area contributed by atoms with E-state index in [1.807, 2.05) is 32.9 Å². The molecule has 8 nitrogen and oxygen atoms in total. The predicted molar refractivity (Wildman–Crippen MR) is 112 cm³/mol. The van der Waals surface area contributed by atoms with Crippen molar-refractivity contribution in [2.75, 3.05) is 5.32 Å². The number of rotatable bonds is 6. The Labute approximate surface area is 179 Å². The Bertz CT molecular complexity index is 1200. The second-order valence-electron chi connectivity index (χ2n) is 6.84. The van der Waals surface area contributed by atoms with Crippen LogP contribution in [0.3, 0.4) is 0 Å². The number of nitrogens with one attached hydrogen (secondary N) is 1. The lowest BCUT2D eigenvalue weighted by atomic mass is 10.1. The van der Waals surface area contributed by atoms with Crippen molar-refractivity contribution in [3.8, 4) is 0 Å². The molecule has 10 heteroatoms. The van der Waals surface area contributed by atoms with Crippen LogP contribution in [0.25, 0.3) is 0 Å². The number of hydrogen-bond donors (Lipinski definition) is 2. The van der Waals surface area contributed by atoms with Crippen LogP contribution in [-0.2, 0) is 16.6 Å². The van der Waals surface area contributed by atoms with Crippen molar-refractivity contribution < 1.29 is 22.6 Å². The number of nitrogens with zero attached hydrogens (tertiary/aromatic N) is 2. The van der Waals surface area contributed by atoms with E-state index in [1.54, 1.807) is 12.1 Å². The maximum absolute atomic E-state index is 13.0. The van der Waals surface area contributed by atoms with Crippen molar-refractivity contribution in [1.82, 2.24) is 0 Å². The second kappa shape index (κ2) is 8.47. The summed E-state index contributed by atoms with van der Waals surface area (Å²) in [5.74, 6) is -0.0323. The molecule has 3 rings (SSSR count). The molecule has 0 fully saturated rings. The third-order valence-electron chi connectivity index (χ3n) is 4.37. The number of benzene rings is 1. The molecule has 0 radical (unpaired) electrons. The zero-order chi connectivity index (χ0) is 22.1. The van der Waals surface area contributed by atoms with Gasteiger partial charge in [-0.2, -0.15) is 0 Å². The molecule has 3 aromatic rings. The van der Waals surface area contributed by atoms with Gasteiger partial charge in [0.15, 0.2) is 0 Å². The van der Waals surface area contributed by atoms with Gasteiger partial charge < -0.3 is 14.8 Å². The van der Waals surface area contributed by atoms with Crippen molar-refractivity contribution in [3.63, 3.8) is 0 Å². The van der Waals surface area contributed by atoms with Crippen LogP contribution in [-0.4, -0.2) is 14.3 Å². The first kappa shape index (κ1) is 21.8. The molecule has 0 unspecified atom stereocenters. The molecule has 0 spiro atoms. The molecule has 0 amide bonds. The summed E-state index contributed by atoms with van der Waals surface area (Å²) in [6.07, 6.45) is 1.52. The Morgan fingerprint density at radius 3 is 2.47 bits per heavy atom. The summed E-state index contributed by atoms with van der Waals surface area (Å²) in [6.45, 7) is 5.85. The summed E-state index contributed by atoms with van der Waals surface area (Å²) < 4.78 is 30.6. The molecular weight excluding hydrogens is 428 g/mol. The molecule has 0 aliphatic heterocycles. The van der Waals surface area contributed by atoms with Crippen LogP contribution in [0.5, 0.6) is 0 Å². The zero-order valence-corrected chi connectivity index (χ0v) is 18.2. The molecule has 0 aliphatic carbocycles. The summed E-state index contributed by atoms with van der Waals surface area (Å²) in [6, 6.07) is 9.73. The van der Waals surface area contributed by atoms with E-state index in [4.69, 9.17) is 21.2 Å². The SMILES string of the molecule is Cc1cc(C)[n+](N=C([O-])c2cc(S(N)(=O)=O)c(Cl)cc2NCc2ccco2)c(C)c1. The highest BCUT2D eigenvalue weighted by molar-refractivity contribution is 7.89. The summed E-state index contributed by atoms with van der Waals surface area (Å²) in [5.41, 5.74) is 2.87. The van der Waals surface area contributed by atoms with Gasteiger partial charge in [-0.25, -0.2) is 13.6 Å². The van der Waals surface area contributed by atoms with Crippen LogP contribution in [0.2, 0.25) is 5.02 Å². The number of nitrogens with two attached hydrogens (primary N) is 1. The molecule has 158 valence electrons. The highest BCUT2D eigenvalue weighted by atomic mass is 35.5. The fourth-order valence-electron chi connectivity index (χ4n) is 3.09. The largest absolute Gasteiger partial charge is 0.854 e. The van der Waals surface area contributed by atoms with Crippen LogP contribution in [0.4, 0.5) is 5.69 Å². The summed E-state index contributed by atoms with van der Waals surface area (Å²) in [5, 5.41) is 25.4. The maximum atomic E-state index is 13.0. The van der Waals surface area contributed by atoms with Crippen LogP contribution in [0.1, 0.15) is 28.3 Å². The molecule has 0 aliphatic rings. The van der Waals surface area contributed by atoms with Gasteiger partial charge in [0, 0.05) is 37.2 Å². The van der Waals surface area contributed by atoms with E-state index >= 15 is 0 Å². The zero-order valence-electron chi connectivity index (χ0n) is 16.6. The first-order valence-electron chi connectivity index (χ1n) is 8.95. The van der Waals surface area contributed by atoms with Crippen LogP contribution in [0, 0.1) is 20.8 Å². The minimum atomic E-state index is -4.14. The van der Waals surface area contributed by atoms with E-state index in [-0.39, 0.29) is 22.0 Å². The number of sulfonamides is 1. The number of anilines is 1. The lowest BCUT2D eigenvalue weighted by Crippen LogP contribution is -2.39. The van der Waals surface area contributed by atoms with Gasteiger partial charge in [0.25, 0.3) is 0 Å². The topological polar surface area (TPSA) is 125 Å². The molecule has 0 atom stereocenters. The number of aryl methyl sites for hydroxylation is 3. The minimum absolute atomic E-state index is 0.0156. The van der Waals surface area contributed by atoms with Gasteiger partial charge in [-0.05, 0) is 41.9 Å².